The number of carbonyl (C=O) groups excluding carboxylic acids is 1. The highest BCUT2D eigenvalue weighted by molar-refractivity contribution is 5.77. The highest BCUT2D eigenvalue weighted by Crippen LogP contribution is 2.19. The Balaban J connectivity index is 2.07. The number of carbonyl (C=O) groups is 1. The van der Waals surface area contributed by atoms with Crippen molar-refractivity contribution in [3.8, 4) is 0 Å². The van der Waals surface area contributed by atoms with E-state index in [0.717, 1.165) is 26.1 Å². The van der Waals surface area contributed by atoms with Crippen molar-refractivity contribution in [2.75, 3.05) is 40.3 Å². The first kappa shape index (κ1) is 15.2. The van der Waals surface area contributed by atoms with Crippen molar-refractivity contribution < 1.29 is 4.79 Å². The molecule has 0 aromatic carbocycles. The van der Waals surface area contributed by atoms with Crippen LogP contribution in [-0.4, -0.2) is 51.1 Å². The summed E-state index contributed by atoms with van der Waals surface area (Å²) >= 11 is 0. The zero-order valence-electron chi connectivity index (χ0n) is 11.8. The Morgan fingerprint density at radius 2 is 2.22 bits per heavy atom. The molecule has 0 bridgehead atoms. The van der Waals surface area contributed by atoms with E-state index in [-0.39, 0.29) is 5.91 Å². The Labute approximate surface area is 111 Å². The SMILES string of the molecule is CNCCN(C)CC(=O)NCCC1=CCCCC1. The van der Waals surface area contributed by atoms with Crippen molar-refractivity contribution >= 4 is 5.91 Å². The molecule has 18 heavy (non-hydrogen) atoms. The normalized spacial score (nSPS) is 15.6. The fourth-order valence-corrected chi connectivity index (χ4v) is 2.18. The van der Waals surface area contributed by atoms with Gasteiger partial charge in [0.25, 0.3) is 0 Å². The highest BCUT2D eigenvalue weighted by atomic mass is 16.2. The maximum atomic E-state index is 11.7. The van der Waals surface area contributed by atoms with Crippen LogP contribution in [0.25, 0.3) is 0 Å². The van der Waals surface area contributed by atoms with Crippen LogP contribution < -0.4 is 10.6 Å². The fraction of sp³-hybridized carbons (Fsp3) is 0.786. The predicted octanol–water partition coefficient (Wildman–Crippen LogP) is 1.14. The second-order valence-corrected chi connectivity index (χ2v) is 5.05. The topological polar surface area (TPSA) is 44.4 Å². The standard InChI is InChI=1S/C14H27N3O/c1-15-10-11-17(2)12-14(18)16-9-8-13-6-4-3-5-7-13/h6,15H,3-5,7-12H2,1-2H3,(H,16,18). The van der Waals surface area contributed by atoms with E-state index in [9.17, 15) is 4.79 Å². The zero-order chi connectivity index (χ0) is 13.2. The van der Waals surface area contributed by atoms with Gasteiger partial charge in [0, 0.05) is 19.6 Å². The minimum absolute atomic E-state index is 0.130. The average Bonchev–Trinajstić information content (AvgIpc) is 2.37. The molecule has 0 aliphatic heterocycles. The molecule has 1 aliphatic carbocycles. The van der Waals surface area contributed by atoms with Gasteiger partial charge in [-0.25, -0.2) is 0 Å². The summed E-state index contributed by atoms with van der Waals surface area (Å²) in [6.07, 6.45) is 8.44. The lowest BCUT2D eigenvalue weighted by Crippen LogP contribution is -2.38. The van der Waals surface area contributed by atoms with E-state index in [2.05, 4.69) is 16.7 Å². The molecule has 0 saturated heterocycles. The monoisotopic (exact) mass is 253 g/mol. The third kappa shape index (κ3) is 6.77. The van der Waals surface area contributed by atoms with E-state index >= 15 is 0 Å². The third-order valence-electron chi connectivity index (χ3n) is 3.31. The van der Waals surface area contributed by atoms with Crippen molar-refractivity contribution in [3.05, 3.63) is 11.6 Å². The molecule has 0 heterocycles. The van der Waals surface area contributed by atoms with E-state index in [1.807, 2.05) is 19.0 Å². The third-order valence-corrected chi connectivity index (χ3v) is 3.31. The van der Waals surface area contributed by atoms with Crippen molar-refractivity contribution in [3.63, 3.8) is 0 Å². The Bertz CT molecular complexity index is 276. The number of likely N-dealkylation sites (N-methyl/N-ethyl adjacent to an activating group) is 2. The van der Waals surface area contributed by atoms with Gasteiger partial charge in [0.1, 0.15) is 0 Å². The second kappa shape index (κ2) is 9.11. The van der Waals surface area contributed by atoms with Crippen molar-refractivity contribution in [1.29, 1.82) is 0 Å². The van der Waals surface area contributed by atoms with Crippen LogP contribution in [0.5, 0.6) is 0 Å². The summed E-state index contributed by atoms with van der Waals surface area (Å²) < 4.78 is 0. The number of hydrogen-bond acceptors (Lipinski definition) is 3. The number of allylic oxidation sites excluding steroid dienone is 1. The van der Waals surface area contributed by atoms with Crippen LogP contribution in [0.4, 0.5) is 0 Å². The second-order valence-electron chi connectivity index (χ2n) is 5.05. The molecule has 1 rings (SSSR count). The number of rotatable bonds is 8. The van der Waals surface area contributed by atoms with E-state index in [1.165, 1.54) is 31.3 Å². The summed E-state index contributed by atoms with van der Waals surface area (Å²) in [5.41, 5.74) is 1.52. The van der Waals surface area contributed by atoms with Crippen LogP contribution in [0, 0.1) is 0 Å². The molecule has 0 aromatic heterocycles. The van der Waals surface area contributed by atoms with Crippen LogP contribution in [0.15, 0.2) is 11.6 Å². The highest BCUT2D eigenvalue weighted by Gasteiger charge is 2.07. The molecule has 0 spiro atoms. The first-order valence-corrected chi connectivity index (χ1v) is 7.00. The summed E-state index contributed by atoms with van der Waals surface area (Å²) in [5, 5.41) is 6.07. The summed E-state index contributed by atoms with van der Waals surface area (Å²) in [4.78, 5) is 13.7. The maximum absolute atomic E-state index is 11.7. The fourth-order valence-electron chi connectivity index (χ4n) is 2.18. The first-order valence-electron chi connectivity index (χ1n) is 7.00. The van der Waals surface area contributed by atoms with E-state index < -0.39 is 0 Å². The van der Waals surface area contributed by atoms with E-state index in [1.54, 1.807) is 0 Å². The molecule has 0 unspecified atom stereocenters. The van der Waals surface area contributed by atoms with Crippen molar-refractivity contribution in [1.82, 2.24) is 15.5 Å². The van der Waals surface area contributed by atoms with Crippen LogP contribution in [0.1, 0.15) is 32.1 Å². The lowest BCUT2D eigenvalue weighted by molar-refractivity contribution is -0.121. The van der Waals surface area contributed by atoms with Crippen molar-refractivity contribution in [2.24, 2.45) is 0 Å². The molecule has 4 nitrogen and oxygen atoms in total. The molecule has 0 aromatic rings. The molecule has 0 atom stereocenters. The van der Waals surface area contributed by atoms with Gasteiger partial charge >= 0.3 is 0 Å². The summed E-state index contributed by atoms with van der Waals surface area (Å²) in [5.74, 6) is 0.130. The Morgan fingerprint density at radius 1 is 1.39 bits per heavy atom. The van der Waals surface area contributed by atoms with Gasteiger partial charge < -0.3 is 10.6 Å². The van der Waals surface area contributed by atoms with Crippen molar-refractivity contribution in [2.45, 2.75) is 32.1 Å². The molecule has 0 fully saturated rings. The first-order chi connectivity index (χ1) is 8.72. The van der Waals surface area contributed by atoms with Crippen LogP contribution in [-0.2, 0) is 4.79 Å². The predicted molar refractivity (Wildman–Crippen MR) is 75.6 cm³/mol. The number of nitrogens with zero attached hydrogens (tertiary/aromatic N) is 1. The van der Waals surface area contributed by atoms with Gasteiger partial charge in [-0.2, -0.15) is 0 Å². The summed E-state index contributed by atoms with van der Waals surface area (Å²) in [6.45, 7) is 3.08. The van der Waals surface area contributed by atoms with Gasteiger partial charge in [0.05, 0.1) is 6.54 Å². The Hall–Kier alpha value is -0.870. The lowest BCUT2D eigenvalue weighted by Gasteiger charge is -2.16. The van der Waals surface area contributed by atoms with Crippen LogP contribution in [0.2, 0.25) is 0 Å². The molecule has 2 N–H and O–H groups in total. The van der Waals surface area contributed by atoms with E-state index in [0.29, 0.717) is 6.54 Å². The molecule has 4 heteroatoms. The molecular weight excluding hydrogens is 226 g/mol. The van der Waals surface area contributed by atoms with Crippen LogP contribution >= 0.6 is 0 Å². The van der Waals surface area contributed by atoms with Gasteiger partial charge in [-0.15, -0.1) is 0 Å². The summed E-state index contributed by atoms with van der Waals surface area (Å²) in [7, 11) is 3.90. The van der Waals surface area contributed by atoms with Gasteiger partial charge in [0.2, 0.25) is 5.91 Å². The van der Waals surface area contributed by atoms with Gasteiger partial charge in [-0.3, -0.25) is 9.69 Å². The number of nitrogens with one attached hydrogen (secondary N) is 2. The molecule has 104 valence electrons. The largest absolute Gasteiger partial charge is 0.355 e. The van der Waals surface area contributed by atoms with Gasteiger partial charge in [-0.05, 0) is 46.2 Å². The summed E-state index contributed by atoms with van der Waals surface area (Å²) in [6, 6.07) is 0. The van der Waals surface area contributed by atoms with Crippen LogP contribution in [0.3, 0.4) is 0 Å². The maximum Gasteiger partial charge on any atom is 0.234 e. The minimum atomic E-state index is 0.130. The number of hydrogen-bond donors (Lipinski definition) is 2. The Kier molecular flexibility index (Phi) is 7.69. The quantitative estimate of drug-likeness (QED) is 0.638. The molecule has 1 aliphatic rings. The van der Waals surface area contributed by atoms with E-state index in [4.69, 9.17) is 0 Å². The van der Waals surface area contributed by atoms with Gasteiger partial charge in [-0.1, -0.05) is 11.6 Å². The minimum Gasteiger partial charge on any atom is -0.355 e. The van der Waals surface area contributed by atoms with Gasteiger partial charge in [0.15, 0.2) is 0 Å². The smallest absolute Gasteiger partial charge is 0.234 e. The lowest BCUT2D eigenvalue weighted by atomic mass is 9.97. The Morgan fingerprint density at radius 3 is 2.89 bits per heavy atom. The number of amides is 1. The molecule has 0 radical (unpaired) electrons. The molecule has 1 amide bonds. The average molecular weight is 253 g/mol. The molecular formula is C14H27N3O. The molecule has 0 saturated carbocycles. The zero-order valence-corrected chi connectivity index (χ0v) is 11.8.